The molecule has 1 atom stereocenters. The normalized spacial score (nSPS) is 18.9. The van der Waals surface area contributed by atoms with Crippen molar-refractivity contribution in [3.05, 3.63) is 16.1 Å². The third-order valence-electron chi connectivity index (χ3n) is 5.03. The molecule has 1 aliphatic heterocycles. The Morgan fingerprint density at radius 1 is 1.30 bits per heavy atom. The van der Waals surface area contributed by atoms with Crippen molar-refractivity contribution in [1.29, 1.82) is 0 Å². The number of piperidine rings is 1. The van der Waals surface area contributed by atoms with Crippen molar-refractivity contribution in [1.82, 2.24) is 20.5 Å². The van der Waals surface area contributed by atoms with Gasteiger partial charge in [-0.05, 0) is 32.7 Å². The molecule has 7 heteroatoms. The first kappa shape index (κ1) is 24.6. The molecule has 156 valence electrons. The summed E-state index contributed by atoms with van der Waals surface area (Å²) in [5.41, 5.74) is 1.32. The van der Waals surface area contributed by atoms with E-state index in [1.165, 1.54) is 43.1 Å². The van der Waals surface area contributed by atoms with Crippen LogP contribution in [0.1, 0.15) is 64.1 Å². The van der Waals surface area contributed by atoms with Gasteiger partial charge in [-0.3, -0.25) is 4.99 Å². The summed E-state index contributed by atoms with van der Waals surface area (Å²) in [4.78, 5) is 11.7. The Balaban J connectivity index is 0.00000364. The van der Waals surface area contributed by atoms with Crippen molar-refractivity contribution in [2.45, 2.75) is 71.3 Å². The zero-order valence-electron chi connectivity index (χ0n) is 17.7. The van der Waals surface area contributed by atoms with Crippen molar-refractivity contribution >= 4 is 41.3 Å². The van der Waals surface area contributed by atoms with Crippen molar-refractivity contribution in [2.24, 2.45) is 4.99 Å². The summed E-state index contributed by atoms with van der Waals surface area (Å²) >= 11 is 1.76. The molecule has 2 rings (SSSR count). The predicted octanol–water partition coefficient (Wildman–Crippen LogP) is 4.03. The number of aromatic nitrogens is 1. The van der Waals surface area contributed by atoms with Crippen LogP contribution < -0.4 is 10.6 Å². The number of halogens is 1. The molecule has 1 unspecified atom stereocenters. The van der Waals surface area contributed by atoms with Gasteiger partial charge >= 0.3 is 0 Å². The second-order valence-corrected chi connectivity index (χ2v) is 9.23. The highest BCUT2D eigenvalue weighted by molar-refractivity contribution is 14.0. The minimum absolute atomic E-state index is 0. The molecule has 27 heavy (non-hydrogen) atoms. The highest BCUT2D eigenvalue weighted by Gasteiger charge is 2.18. The van der Waals surface area contributed by atoms with E-state index in [2.05, 4.69) is 53.6 Å². The monoisotopic (exact) mass is 507 g/mol. The SMILES string of the molecule is CN=C(NCCCN1CCCCC1C)NCCc1nc(C(C)(C)C)cs1.I. The van der Waals surface area contributed by atoms with Crippen LogP contribution in [0.15, 0.2) is 10.4 Å². The number of hydrogen-bond acceptors (Lipinski definition) is 4. The van der Waals surface area contributed by atoms with Crippen LogP contribution >= 0.6 is 35.3 Å². The van der Waals surface area contributed by atoms with Crippen LogP contribution in [0.4, 0.5) is 0 Å². The van der Waals surface area contributed by atoms with Crippen LogP contribution in [-0.2, 0) is 11.8 Å². The molecule has 2 heterocycles. The molecule has 0 amide bonds. The van der Waals surface area contributed by atoms with Gasteiger partial charge in [0, 0.05) is 49.9 Å². The van der Waals surface area contributed by atoms with Gasteiger partial charge in [0.05, 0.1) is 10.7 Å². The molecule has 0 radical (unpaired) electrons. The summed E-state index contributed by atoms with van der Waals surface area (Å²) < 4.78 is 0. The van der Waals surface area contributed by atoms with Gasteiger partial charge in [0.25, 0.3) is 0 Å². The first-order valence-electron chi connectivity index (χ1n) is 10.0. The molecule has 5 nitrogen and oxygen atoms in total. The Kier molecular flexibility index (Phi) is 11.1. The molecular formula is C20H38IN5S. The Labute approximate surface area is 186 Å². The Morgan fingerprint density at radius 3 is 2.67 bits per heavy atom. The number of guanidine groups is 1. The van der Waals surface area contributed by atoms with Gasteiger partial charge in [-0.1, -0.05) is 27.2 Å². The molecule has 1 aromatic heterocycles. The lowest BCUT2D eigenvalue weighted by atomic mass is 9.93. The Morgan fingerprint density at radius 2 is 2.04 bits per heavy atom. The zero-order valence-corrected chi connectivity index (χ0v) is 20.8. The minimum Gasteiger partial charge on any atom is -0.356 e. The lowest BCUT2D eigenvalue weighted by Crippen LogP contribution is -2.41. The molecule has 0 saturated carbocycles. The smallest absolute Gasteiger partial charge is 0.190 e. The van der Waals surface area contributed by atoms with Gasteiger partial charge in [-0.15, -0.1) is 35.3 Å². The topological polar surface area (TPSA) is 52.6 Å². The quantitative estimate of drug-likeness (QED) is 0.253. The average molecular weight is 508 g/mol. The van der Waals surface area contributed by atoms with Crippen LogP contribution in [0.5, 0.6) is 0 Å². The maximum absolute atomic E-state index is 4.75. The van der Waals surface area contributed by atoms with Crippen LogP contribution in [0, 0.1) is 0 Å². The van der Waals surface area contributed by atoms with Gasteiger partial charge in [-0.25, -0.2) is 4.98 Å². The molecule has 2 N–H and O–H groups in total. The van der Waals surface area contributed by atoms with Gasteiger partial charge in [0.1, 0.15) is 0 Å². The first-order chi connectivity index (χ1) is 12.4. The summed E-state index contributed by atoms with van der Waals surface area (Å²) in [5.74, 6) is 0.893. The highest BCUT2D eigenvalue weighted by atomic mass is 127. The Hall–Kier alpha value is -0.410. The van der Waals surface area contributed by atoms with Crippen molar-refractivity contribution in [3.63, 3.8) is 0 Å². The standard InChI is InChI=1S/C20H37N5S.HI/c1-16-9-6-7-13-25(16)14-8-11-22-19(21-5)23-12-10-18-24-17(15-26-18)20(2,3)4;/h15-16H,6-14H2,1-5H3,(H2,21,22,23);1H. The summed E-state index contributed by atoms with van der Waals surface area (Å²) in [6.07, 6.45) is 6.20. The van der Waals surface area contributed by atoms with Crippen molar-refractivity contribution < 1.29 is 0 Å². The highest BCUT2D eigenvalue weighted by Crippen LogP contribution is 2.23. The van der Waals surface area contributed by atoms with Gasteiger partial charge < -0.3 is 15.5 Å². The molecule has 1 aromatic rings. The third-order valence-corrected chi connectivity index (χ3v) is 5.94. The number of nitrogens with one attached hydrogen (secondary N) is 2. The Bertz CT molecular complexity index is 567. The van der Waals surface area contributed by atoms with Gasteiger partial charge in [0.2, 0.25) is 0 Å². The summed E-state index contributed by atoms with van der Waals surface area (Å²) in [6, 6.07) is 0.748. The molecule has 1 fully saturated rings. The van der Waals surface area contributed by atoms with E-state index in [1.807, 2.05) is 7.05 Å². The minimum atomic E-state index is 0. The van der Waals surface area contributed by atoms with Gasteiger partial charge in [0.15, 0.2) is 5.96 Å². The number of aliphatic imine (C=N–C) groups is 1. The van der Waals surface area contributed by atoms with Crippen LogP contribution in [0.25, 0.3) is 0 Å². The van der Waals surface area contributed by atoms with Crippen molar-refractivity contribution in [3.8, 4) is 0 Å². The fourth-order valence-electron chi connectivity index (χ4n) is 3.26. The average Bonchev–Trinajstić information content (AvgIpc) is 3.07. The van der Waals surface area contributed by atoms with E-state index in [0.717, 1.165) is 37.9 Å². The van der Waals surface area contributed by atoms with E-state index in [4.69, 9.17) is 4.98 Å². The van der Waals surface area contributed by atoms with Crippen molar-refractivity contribution in [2.75, 3.05) is 33.2 Å². The number of hydrogen-bond donors (Lipinski definition) is 2. The second kappa shape index (κ2) is 12.2. The maximum Gasteiger partial charge on any atom is 0.190 e. The maximum atomic E-state index is 4.75. The number of thiazole rings is 1. The molecule has 0 spiro atoms. The van der Waals surface area contributed by atoms with Crippen LogP contribution in [0.3, 0.4) is 0 Å². The van der Waals surface area contributed by atoms with E-state index in [0.29, 0.717) is 0 Å². The lowest BCUT2D eigenvalue weighted by Gasteiger charge is -2.33. The summed E-state index contributed by atoms with van der Waals surface area (Å²) in [7, 11) is 1.84. The largest absolute Gasteiger partial charge is 0.356 e. The van der Waals surface area contributed by atoms with E-state index in [-0.39, 0.29) is 29.4 Å². The number of rotatable bonds is 7. The number of nitrogens with zero attached hydrogens (tertiary/aromatic N) is 3. The molecule has 0 aliphatic carbocycles. The van der Waals surface area contributed by atoms with E-state index >= 15 is 0 Å². The van der Waals surface area contributed by atoms with E-state index < -0.39 is 0 Å². The fraction of sp³-hybridized carbons (Fsp3) is 0.800. The third kappa shape index (κ3) is 8.64. The predicted molar refractivity (Wildman–Crippen MR) is 129 cm³/mol. The second-order valence-electron chi connectivity index (χ2n) is 8.29. The number of likely N-dealkylation sites (tertiary alicyclic amines) is 1. The van der Waals surface area contributed by atoms with E-state index in [1.54, 1.807) is 11.3 Å². The van der Waals surface area contributed by atoms with E-state index in [9.17, 15) is 0 Å². The lowest BCUT2D eigenvalue weighted by molar-refractivity contribution is 0.159. The summed E-state index contributed by atoms with van der Waals surface area (Å²) in [6.45, 7) is 13.3. The fourth-order valence-corrected chi connectivity index (χ4v) is 4.28. The molecule has 0 aromatic carbocycles. The molecule has 0 bridgehead atoms. The summed E-state index contributed by atoms with van der Waals surface area (Å²) in [5, 5.41) is 10.2. The zero-order chi connectivity index (χ0) is 19.0. The van der Waals surface area contributed by atoms with Gasteiger partial charge in [-0.2, -0.15) is 0 Å². The molecular weight excluding hydrogens is 469 g/mol. The van der Waals surface area contributed by atoms with Crippen LogP contribution in [0.2, 0.25) is 0 Å². The van der Waals surface area contributed by atoms with Crippen LogP contribution in [-0.4, -0.2) is 55.1 Å². The first-order valence-corrected chi connectivity index (χ1v) is 10.9. The molecule has 1 aliphatic rings. The molecule has 1 saturated heterocycles.